The van der Waals surface area contributed by atoms with Gasteiger partial charge in [0.15, 0.2) is 0 Å². The van der Waals surface area contributed by atoms with Gasteiger partial charge >= 0.3 is 0 Å². The molecule has 1 heteroatoms. The van der Waals surface area contributed by atoms with Crippen molar-refractivity contribution in [2.45, 2.75) is 29.6 Å². The van der Waals surface area contributed by atoms with Crippen LogP contribution in [0.3, 0.4) is 0 Å². The minimum Gasteiger partial charge on any atom is -0.0892 e. The van der Waals surface area contributed by atoms with E-state index in [2.05, 4.69) is 73.7 Å². The average molecular weight is 302 g/mol. The van der Waals surface area contributed by atoms with Gasteiger partial charge in [0.25, 0.3) is 0 Å². The molecule has 22 heavy (non-hydrogen) atoms. The Morgan fingerprint density at radius 3 is 2.45 bits per heavy atom. The lowest BCUT2D eigenvalue weighted by Gasteiger charge is -2.24. The summed E-state index contributed by atoms with van der Waals surface area (Å²) >= 11 is 1.94. The number of rotatable bonds is 2. The fourth-order valence-electron chi connectivity index (χ4n) is 3.20. The summed E-state index contributed by atoms with van der Waals surface area (Å²) in [6, 6.07) is 24.2. The number of benzene rings is 3. The maximum atomic E-state index is 2.31. The predicted octanol–water partition coefficient (Wildman–Crippen LogP) is 5.97. The van der Waals surface area contributed by atoms with Crippen LogP contribution in [0.5, 0.6) is 0 Å². The summed E-state index contributed by atoms with van der Waals surface area (Å²) in [7, 11) is 0. The molecule has 0 fully saturated rings. The third-order valence-corrected chi connectivity index (χ3v) is 5.69. The fraction of sp³-hybridized carbons (Fsp3) is 0.143. The molecular formula is C21H18S. The Kier molecular flexibility index (Phi) is 3.51. The molecule has 3 aromatic carbocycles. The number of hydrogen-bond acceptors (Lipinski definition) is 1. The van der Waals surface area contributed by atoms with Gasteiger partial charge in [-0.15, -0.1) is 0 Å². The molecular weight excluding hydrogens is 284 g/mol. The highest BCUT2D eigenvalue weighted by Gasteiger charge is 2.21. The van der Waals surface area contributed by atoms with Crippen molar-refractivity contribution in [3.8, 4) is 11.1 Å². The average Bonchev–Trinajstić information content (AvgIpc) is 2.60. The maximum absolute atomic E-state index is 2.31. The first-order valence-corrected chi connectivity index (χ1v) is 8.64. The molecule has 0 bridgehead atoms. The van der Waals surface area contributed by atoms with Gasteiger partial charge in [0.2, 0.25) is 0 Å². The van der Waals surface area contributed by atoms with Gasteiger partial charge in [0, 0.05) is 16.2 Å². The maximum Gasteiger partial charge on any atom is 0.0196 e. The summed E-state index contributed by atoms with van der Waals surface area (Å²) in [5.74, 6) is 0. The van der Waals surface area contributed by atoms with Gasteiger partial charge in [0.1, 0.15) is 0 Å². The second-order valence-corrected chi connectivity index (χ2v) is 6.74. The minimum atomic E-state index is 1.04. The topological polar surface area (TPSA) is 0 Å². The molecule has 4 rings (SSSR count). The van der Waals surface area contributed by atoms with Crippen molar-refractivity contribution in [2.75, 3.05) is 0 Å². The van der Waals surface area contributed by atoms with Crippen LogP contribution in [0.4, 0.5) is 0 Å². The number of fused-ring (bicyclic) bond motifs is 2. The molecule has 3 aromatic rings. The molecule has 0 unspecified atom stereocenters. The molecule has 1 aliphatic heterocycles. The van der Waals surface area contributed by atoms with E-state index in [1.165, 1.54) is 37.6 Å². The van der Waals surface area contributed by atoms with Gasteiger partial charge in [-0.05, 0) is 40.3 Å². The summed E-state index contributed by atoms with van der Waals surface area (Å²) in [4.78, 5) is 2.89. The predicted molar refractivity (Wildman–Crippen MR) is 94.6 cm³/mol. The first kappa shape index (κ1) is 13.7. The second kappa shape index (κ2) is 5.66. The zero-order valence-electron chi connectivity index (χ0n) is 12.7. The molecule has 0 saturated carbocycles. The first-order valence-electron chi connectivity index (χ1n) is 7.82. The van der Waals surface area contributed by atoms with Gasteiger partial charge in [-0.1, -0.05) is 79.3 Å². The molecule has 0 saturated heterocycles. The normalized spacial score (nSPS) is 12.6. The standard InChI is InChI=1S/C21H18S/c1-2-15-12-13-18(16-8-4-3-5-9-16)19-14-17-10-6-7-11-20(17)22-21(15)19/h3-13H,2,14H2,1H3. The van der Waals surface area contributed by atoms with Crippen LogP contribution >= 0.6 is 11.8 Å². The van der Waals surface area contributed by atoms with Gasteiger partial charge in [-0.25, -0.2) is 0 Å². The Bertz CT molecular complexity index is 819. The van der Waals surface area contributed by atoms with Crippen molar-refractivity contribution in [1.29, 1.82) is 0 Å². The summed E-state index contributed by atoms with van der Waals surface area (Å²) in [6.45, 7) is 2.25. The minimum absolute atomic E-state index is 1.04. The molecule has 1 aliphatic rings. The Morgan fingerprint density at radius 2 is 1.64 bits per heavy atom. The Hall–Kier alpha value is -1.99. The molecule has 0 spiro atoms. The van der Waals surface area contributed by atoms with Crippen molar-refractivity contribution >= 4 is 11.8 Å². The van der Waals surface area contributed by atoms with E-state index in [0.717, 1.165) is 12.8 Å². The van der Waals surface area contributed by atoms with Crippen molar-refractivity contribution in [3.63, 3.8) is 0 Å². The lowest BCUT2D eigenvalue weighted by molar-refractivity contribution is 0.996. The van der Waals surface area contributed by atoms with Crippen LogP contribution in [0.1, 0.15) is 23.6 Å². The van der Waals surface area contributed by atoms with E-state index in [0.29, 0.717) is 0 Å². The molecule has 0 nitrogen and oxygen atoms in total. The quantitative estimate of drug-likeness (QED) is 0.439. The summed E-state index contributed by atoms with van der Waals surface area (Å²) in [5.41, 5.74) is 7.12. The Morgan fingerprint density at radius 1 is 0.864 bits per heavy atom. The van der Waals surface area contributed by atoms with Crippen LogP contribution in [0.25, 0.3) is 11.1 Å². The Balaban J connectivity index is 1.91. The third-order valence-electron chi connectivity index (χ3n) is 4.36. The largest absolute Gasteiger partial charge is 0.0892 e. The van der Waals surface area contributed by atoms with Crippen LogP contribution in [-0.2, 0) is 12.8 Å². The van der Waals surface area contributed by atoms with E-state index in [1.54, 1.807) is 0 Å². The highest BCUT2D eigenvalue weighted by molar-refractivity contribution is 7.99. The van der Waals surface area contributed by atoms with Gasteiger partial charge in [-0.3, -0.25) is 0 Å². The lowest BCUT2D eigenvalue weighted by atomic mass is 9.92. The SMILES string of the molecule is CCc1ccc(-c2ccccc2)c2c1Sc1ccccc1C2. The second-order valence-electron chi connectivity index (χ2n) is 5.69. The van der Waals surface area contributed by atoms with Gasteiger partial charge < -0.3 is 0 Å². The van der Waals surface area contributed by atoms with Crippen LogP contribution in [-0.4, -0.2) is 0 Å². The highest BCUT2D eigenvalue weighted by atomic mass is 32.2. The van der Waals surface area contributed by atoms with Crippen LogP contribution in [0.2, 0.25) is 0 Å². The number of hydrogen-bond donors (Lipinski definition) is 0. The molecule has 0 atom stereocenters. The summed E-state index contributed by atoms with van der Waals surface area (Å²) in [6.07, 6.45) is 2.13. The van der Waals surface area contributed by atoms with E-state index in [-0.39, 0.29) is 0 Å². The molecule has 108 valence electrons. The molecule has 0 amide bonds. The summed E-state index contributed by atoms with van der Waals surface area (Å²) in [5, 5.41) is 0. The lowest BCUT2D eigenvalue weighted by Crippen LogP contribution is -2.04. The molecule has 0 aliphatic carbocycles. The van der Waals surface area contributed by atoms with Crippen LogP contribution < -0.4 is 0 Å². The molecule has 0 aromatic heterocycles. The highest BCUT2D eigenvalue weighted by Crippen LogP contribution is 2.45. The fourth-order valence-corrected chi connectivity index (χ4v) is 4.48. The van der Waals surface area contributed by atoms with E-state index >= 15 is 0 Å². The monoisotopic (exact) mass is 302 g/mol. The van der Waals surface area contributed by atoms with Crippen molar-refractivity contribution in [2.24, 2.45) is 0 Å². The molecule has 0 radical (unpaired) electrons. The molecule has 1 heterocycles. The summed E-state index contributed by atoms with van der Waals surface area (Å²) < 4.78 is 0. The first-order chi connectivity index (χ1) is 10.9. The van der Waals surface area contributed by atoms with E-state index in [9.17, 15) is 0 Å². The van der Waals surface area contributed by atoms with Crippen LogP contribution in [0, 0.1) is 0 Å². The van der Waals surface area contributed by atoms with Gasteiger partial charge in [-0.2, -0.15) is 0 Å². The van der Waals surface area contributed by atoms with Crippen molar-refractivity contribution in [3.05, 3.63) is 83.4 Å². The smallest absolute Gasteiger partial charge is 0.0196 e. The van der Waals surface area contributed by atoms with E-state index in [4.69, 9.17) is 0 Å². The zero-order chi connectivity index (χ0) is 14.9. The van der Waals surface area contributed by atoms with Crippen molar-refractivity contribution < 1.29 is 0 Å². The van der Waals surface area contributed by atoms with Crippen molar-refractivity contribution in [1.82, 2.24) is 0 Å². The van der Waals surface area contributed by atoms with E-state index in [1.807, 2.05) is 11.8 Å². The van der Waals surface area contributed by atoms with Crippen LogP contribution in [0.15, 0.2) is 76.5 Å². The van der Waals surface area contributed by atoms with Gasteiger partial charge in [0.05, 0.1) is 0 Å². The zero-order valence-corrected chi connectivity index (χ0v) is 13.5. The number of aryl methyl sites for hydroxylation is 1. The molecule has 0 N–H and O–H groups in total. The third kappa shape index (κ3) is 2.26. The van der Waals surface area contributed by atoms with E-state index < -0.39 is 0 Å². The Labute approximate surface area is 136 Å².